The fraction of sp³-hybridized carbons (Fsp3) is 0.400. The summed E-state index contributed by atoms with van der Waals surface area (Å²) in [5.41, 5.74) is 4.53. The second-order valence-corrected chi connectivity index (χ2v) is 3.74. The van der Waals surface area contributed by atoms with Crippen LogP contribution < -0.4 is 5.73 Å². The Kier molecular flexibility index (Phi) is 9.21. The molecule has 0 saturated heterocycles. The highest BCUT2D eigenvalue weighted by Gasteiger charge is 1.69. The van der Waals surface area contributed by atoms with Crippen molar-refractivity contribution in [3.63, 3.8) is 0 Å². The maximum atomic E-state index is 9.47. The minimum Gasteiger partial charge on any atom is -0.366 e. The van der Waals surface area contributed by atoms with E-state index in [1.807, 2.05) is 0 Å². The lowest BCUT2D eigenvalue weighted by atomic mass is 10.6. The topological polar surface area (TPSA) is 46.3 Å². The van der Waals surface area contributed by atoms with Crippen LogP contribution in [-0.4, -0.2) is 35.0 Å². The molecule has 9 heavy (non-hydrogen) atoms. The van der Waals surface area contributed by atoms with Crippen molar-refractivity contribution in [3.05, 3.63) is 12.7 Å². The third-order valence-corrected chi connectivity index (χ3v) is 0.201. The van der Waals surface area contributed by atoms with Crippen molar-refractivity contribution in [2.24, 2.45) is 5.73 Å². The van der Waals surface area contributed by atoms with Crippen LogP contribution in [0.2, 0.25) is 0 Å². The number of rotatable bonds is 1. The van der Waals surface area contributed by atoms with Crippen LogP contribution in [0.3, 0.4) is 0 Å². The minimum atomic E-state index is -0.481. The molecule has 3 nitrogen and oxygen atoms in total. The number of amides is 1. The zero-order chi connectivity index (χ0) is 7.86. The van der Waals surface area contributed by atoms with E-state index in [0.29, 0.717) is 0 Å². The Bertz CT molecular complexity index is 90.2. The zero-order valence-corrected chi connectivity index (χ0v) is 8.22. The molecule has 0 atom stereocenters. The molecule has 0 aromatic heterocycles. The maximum absolute atomic E-state index is 9.47. The highest BCUT2D eigenvalue weighted by atomic mass is 28.2. The van der Waals surface area contributed by atoms with E-state index in [0.717, 1.165) is 6.08 Å². The molecule has 0 aliphatic rings. The highest BCUT2D eigenvalue weighted by molar-refractivity contribution is 6.03. The number of hydrogen-bond donors (Lipinski definition) is 1. The summed E-state index contributed by atoms with van der Waals surface area (Å²) < 4.78 is 2.14. The van der Waals surface area contributed by atoms with Gasteiger partial charge in [0.1, 0.15) is 0 Å². The van der Waals surface area contributed by atoms with E-state index < -0.39 is 5.91 Å². The summed E-state index contributed by atoms with van der Waals surface area (Å²) >= 11 is 0. The molecule has 0 aromatic rings. The van der Waals surface area contributed by atoms with E-state index >= 15 is 0 Å². The first-order valence-electron chi connectivity index (χ1n) is 2.53. The predicted octanol–water partition coefficient (Wildman–Crippen LogP) is -1.51. The monoisotopic (exact) mass is 146 g/mol. The van der Waals surface area contributed by atoms with Gasteiger partial charge in [-0.25, -0.2) is 0 Å². The van der Waals surface area contributed by atoms with E-state index in [1.54, 1.807) is 0 Å². The van der Waals surface area contributed by atoms with Gasteiger partial charge in [0.25, 0.3) is 0 Å². The first-order valence-corrected chi connectivity index (χ1v) is 3.43. The van der Waals surface area contributed by atoms with Crippen LogP contribution in [-0.2, 0) is 4.79 Å². The number of primary amides is 1. The Balaban J connectivity index is 0. The summed E-state index contributed by atoms with van der Waals surface area (Å²) in [5.74, 6) is -0.481. The van der Waals surface area contributed by atoms with Crippen molar-refractivity contribution >= 4 is 16.3 Å². The number of nitrogens with two attached hydrogens (primary N) is 1. The van der Waals surface area contributed by atoms with Gasteiger partial charge in [-0.05, 0) is 20.2 Å². The average molecular weight is 146 g/mol. The lowest BCUT2D eigenvalue weighted by Gasteiger charge is -1.90. The molecule has 2 N–H and O–H groups in total. The Labute approximate surface area is 59.0 Å². The van der Waals surface area contributed by atoms with Crippen LogP contribution in [0.5, 0.6) is 0 Å². The van der Waals surface area contributed by atoms with Gasteiger partial charge >= 0.3 is 0 Å². The molecule has 0 spiro atoms. The van der Waals surface area contributed by atoms with Crippen LogP contribution in [0, 0.1) is 0 Å². The third kappa shape index (κ3) is 111. The largest absolute Gasteiger partial charge is 0.366 e. The number of carbonyl (C=O) groups is 1. The Hall–Kier alpha value is -0.613. The van der Waals surface area contributed by atoms with Gasteiger partial charge in [0.05, 0.1) is 10.4 Å². The van der Waals surface area contributed by atoms with Crippen molar-refractivity contribution in [2.75, 3.05) is 14.1 Å². The van der Waals surface area contributed by atoms with Gasteiger partial charge in [0.15, 0.2) is 0 Å². The smallest absolute Gasteiger partial charge is 0.240 e. The van der Waals surface area contributed by atoms with Crippen LogP contribution in [0.1, 0.15) is 0 Å². The van der Waals surface area contributed by atoms with Gasteiger partial charge in [0, 0.05) is 0 Å². The normalized spacial score (nSPS) is 7.89. The lowest BCUT2D eigenvalue weighted by molar-refractivity contribution is -0.113. The Morgan fingerprint density at radius 2 is 1.89 bits per heavy atom. The summed E-state index contributed by atoms with van der Waals surface area (Å²) in [4.78, 5) is 9.47. The van der Waals surface area contributed by atoms with Crippen LogP contribution in [0.25, 0.3) is 0 Å². The number of hydrogen-bond acceptors (Lipinski definition) is 2. The highest BCUT2D eigenvalue weighted by Crippen LogP contribution is 1.48. The first-order chi connectivity index (χ1) is 4.00. The van der Waals surface area contributed by atoms with E-state index in [2.05, 4.69) is 31.0 Å². The van der Waals surface area contributed by atoms with Crippen LogP contribution >= 0.6 is 0 Å². The standard InChI is InChI=1S/C3H5NO.C2H9NSi/c1-2-3(4)5;1-3(2)4/h2H,1H2,(H2,4,5);1-2,4H3. The van der Waals surface area contributed by atoms with E-state index in [4.69, 9.17) is 0 Å². The van der Waals surface area contributed by atoms with Crippen molar-refractivity contribution in [1.29, 1.82) is 0 Å². The summed E-state index contributed by atoms with van der Waals surface area (Å²) in [5, 5.41) is 0. The summed E-state index contributed by atoms with van der Waals surface area (Å²) in [7, 11) is 5.31. The summed E-state index contributed by atoms with van der Waals surface area (Å²) in [6.45, 7) is 3.09. The quantitative estimate of drug-likeness (QED) is 0.361. The Morgan fingerprint density at radius 1 is 1.78 bits per heavy atom. The molecule has 0 fully saturated rings. The molecule has 0 aliphatic carbocycles. The molecule has 0 radical (unpaired) electrons. The molecular weight excluding hydrogens is 132 g/mol. The number of nitrogens with zero attached hydrogens (tertiary/aromatic N) is 1. The molecule has 1 amide bonds. The molecule has 0 aliphatic heterocycles. The minimum absolute atomic E-state index is 0.481. The summed E-state index contributed by atoms with van der Waals surface area (Å²) in [6.07, 6.45) is 1.06. The van der Waals surface area contributed by atoms with Crippen LogP contribution in [0.15, 0.2) is 12.7 Å². The third-order valence-electron chi connectivity index (χ3n) is 0.201. The maximum Gasteiger partial charge on any atom is 0.240 e. The second-order valence-electron chi connectivity index (χ2n) is 1.95. The fourth-order valence-corrected chi connectivity index (χ4v) is 0. The van der Waals surface area contributed by atoms with Crippen LogP contribution in [0.4, 0.5) is 0 Å². The predicted molar refractivity (Wildman–Crippen MR) is 43.0 cm³/mol. The van der Waals surface area contributed by atoms with Gasteiger partial charge in [-0.1, -0.05) is 6.58 Å². The SMILES string of the molecule is C=CC(N)=O.CN(C)[SiH3]. The van der Waals surface area contributed by atoms with Gasteiger partial charge in [0.2, 0.25) is 5.91 Å². The molecular formula is C5H14N2OSi. The first kappa shape index (κ1) is 11.2. The van der Waals surface area contributed by atoms with Crippen molar-refractivity contribution in [2.45, 2.75) is 0 Å². The molecule has 0 unspecified atom stereocenters. The van der Waals surface area contributed by atoms with Crippen molar-refractivity contribution < 1.29 is 4.79 Å². The molecule has 0 saturated carbocycles. The van der Waals surface area contributed by atoms with Gasteiger partial charge in [-0.15, -0.1) is 0 Å². The zero-order valence-electron chi connectivity index (χ0n) is 6.22. The second kappa shape index (κ2) is 7.39. The van der Waals surface area contributed by atoms with Gasteiger partial charge < -0.3 is 10.3 Å². The van der Waals surface area contributed by atoms with Crippen molar-refractivity contribution in [1.82, 2.24) is 4.57 Å². The molecule has 54 valence electrons. The lowest BCUT2D eigenvalue weighted by Crippen LogP contribution is -2.04. The number of carbonyl (C=O) groups excluding carboxylic acids is 1. The fourth-order valence-electron chi connectivity index (χ4n) is 0. The van der Waals surface area contributed by atoms with E-state index in [1.165, 1.54) is 10.4 Å². The molecule has 0 bridgehead atoms. The molecule has 0 aromatic carbocycles. The van der Waals surface area contributed by atoms with Gasteiger partial charge in [-0.2, -0.15) is 0 Å². The molecule has 0 heterocycles. The summed E-state index contributed by atoms with van der Waals surface area (Å²) in [6, 6.07) is 0. The van der Waals surface area contributed by atoms with Gasteiger partial charge in [-0.3, -0.25) is 4.79 Å². The average Bonchev–Trinajstić information content (AvgIpc) is 1.65. The molecule has 0 rings (SSSR count). The van der Waals surface area contributed by atoms with E-state index in [9.17, 15) is 4.79 Å². The Morgan fingerprint density at radius 3 is 1.89 bits per heavy atom. The van der Waals surface area contributed by atoms with Crippen molar-refractivity contribution in [3.8, 4) is 0 Å². The van der Waals surface area contributed by atoms with E-state index in [-0.39, 0.29) is 0 Å². The molecule has 4 heteroatoms.